The summed E-state index contributed by atoms with van der Waals surface area (Å²) < 4.78 is 11.4. The van der Waals surface area contributed by atoms with Crippen LogP contribution in [0.5, 0.6) is 11.5 Å². The van der Waals surface area contributed by atoms with Crippen LogP contribution in [0.3, 0.4) is 0 Å². The summed E-state index contributed by atoms with van der Waals surface area (Å²) >= 11 is 0. The Hall–Kier alpha value is -2.00. The number of hydrogen-bond donors (Lipinski definition) is 1. The monoisotopic (exact) mass is 297 g/mol. The molecule has 1 heterocycles. The predicted octanol–water partition coefficient (Wildman–Crippen LogP) is 3.87. The van der Waals surface area contributed by atoms with Crippen molar-refractivity contribution in [2.45, 2.75) is 31.9 Å². The van der Waals surface area contributed by atoms with Crippen molar-refractivity contribution in [3.8, 4) is 11.5 Å². The molecule has 1 fully saturated rings. The molecule has 2 aromatic carbocycles. The number of methoxy groups -OCH3 is 1. The van der Waals surface area contributed by atoms with Gasteiger partial charge in [-0.15, -0.1) is 0 Å². The standard InChI is InChI=1S/C19H23NO2/c1-19(11-6-12-20-19)16-9-10-17(18(13-16)21-2)22-14-15-7-4-3-5-8-15/h3-5,7-10,13,20H,6,11-12,14H2,1-2H3. The Balaban J connectivity index is 1.77. The molecule has 22 heavy (non-hydrogen) atoms. The number of hydrogen-bond acceptors (Lipinski definition) is 3. The summed E-state index contributed by atoms with van der Waals surface area (Å²) in [4.78, 5) is 0. The molecular formula is C19H23NO2. The van der Waals surface area contributed by atoms with Crippen LogP contribution >= 0.6 is 0 Å². The van der Waals surface area contributed by atoms with Gasteiger partial charge in [-0.2, -0.15) is 0 Å². The van der Waals surface area contributed by atoms with Crippen LogP contribution in [0.25, 0.3) is 0 Å². The molecule has 116 valence electrons. The minimum Gasteiger partial charge on any atom is -0.493 e. The highest BCUT2D eigenvalue weighted by atomic mass is 16.5. The first-order valence-electron chi connectivity index (χ1n) is 7.81. The Morgan fingerprint density at radius 3 is 2.59 bits per heavy atom. The number of nitrogens with one attached hydrogen (secondary N) is 1. The first-order valence-corrected chi connectivity index (χ1v) is 7.81. The molecule has 1 atom stereocenters. The first-order chi connectivity index (χ1) is 10.7. The van der Waals surface area contributed by atoms with Gasteiger partial charge in [-0.25, -0.2) is 0 Å². The van der Waals surface area contributed by atoms with E-state index in [2.05, 4.69) is 36.5 Å². The molecule has 3 rings (SSSR count). The predicted molar refractivity (Wildman–Crippen MR) is 88.4 cm³/mol. The number of rotatable bonds is 5. The molecule has 3 heteroatoms. The second-order valence-electron chi connectivity index (χ2n) is 6.00. The van der Waals surface area contributed by atoms with Crippen molar-refractivity contribution in [1.82, 2.24) is 5.32 Å². The van der Waals surface area contributed by atoms with E-state index in [4.69, 9.17) is 9.47 Å². The van der Waals surface area contributed by atoms with Crippen LogP contribution < -0.4 is 14.8 Å². The zero-order valence-electron chi connectivity index (χ0n) is 13.3. The molecule has 0 aromatic heterocycles. The van der Waals surface area contributed by atoms with Crippen molar-refractivity contribution in [3.05, 3.63) is 59.7 Å². The maximum atomic E-state index is 5.92. The average Bonchev–Trinajstić information content (AvgIpc) is 3.01. The van der Waals surface area contributed by atoms with E-state index in [1.54, 1.807) is 7.11 Å². The topological polar surface area (TPSA) is 30.5 Å². The van der Waals surface area contributed by atoms with E-state index in [0.29, 0.717) is 6.61 Å². The second-order valence-corrected chi connectivity index (χ2v) is 6.00. The highest BCUT2D eigenvalue weighted by molar-refractivity contribution is 5.45. The van der Waals surface area contributed by atoms with Crippen molar-refractivity contribution in [2.24, 2.45) is 0 Å². The molecule has 1 saturated heterocycles. The van der Waals surface area contributed by atoms with Gasteiger partial charge in [0.05, 0.1) is 7.11 Å². The van der Waals surface area contributed by atoms with E-state index in [1.165, 1.54) is 12.0 Å². The molecule has 0 amide bonds. The van der Waals surface area contributed by atoms with Gasteiger partial charge in [0, 0.05) is 5.54 Å². The molecule has 0 spiro atoms. The van der Waals surface area contributed by atoms with Gasteiger partial charge in [0.15, 0.2) is 11.5 Å². The molecule has 1 unspecified atom stereocenters. The third-order valence-corrected chi connectivity index (χ3v) is 4.41. The summed E-state index contributed by atoms with van der Waals surface area (Å²) in [5, 5.41) is 3.58. The molecule has 0 aliphatic carbocycles. The van der Waals surface area contributed by atoms with Gasteiger partial charge >= 0.3 is 0 Å². The second kappa shape index (κ2) is 6.41. The van der Waals surface area contributed by atoms with Crippen LogP contribution in [-0.2, 0) is 12.1 Å². The number of benzene rings is 2. The van der Waals surface area contributed by atoms with Gasteiger partial charge in [0.1, 0.15) is 6.61 Å². The molecule has 1 aliphatic heterocycles. The summed E-state index contributed by atoms with van der Waals surface area (Å²) in [7, 11) is 1.69. The molecule has 1 N–H and O–H groups in total. The molecule has 0 radical (unpaired) electrons. The van der Waals surface area contributed by atoms with Gasteiger partial charge < -0.3 is 14.8 Å². The molecular weight excluding hydrogens is 274 g/mol. The quantitative estimate of drug-likeness (QED) is 0.908. The van der Waals surface area contributed by atoms with Crippen LogP contribution in [0.4, 0.5) is 0 Å². The Kier molecular flexibility index (Phi) is 4.34. The summed E-state index contributed by atoms with van der Waals surface area (Å²) in [5.41, 5.74) is 2.46. The third-order valence-electron chi connectivity index (χ3n) is 4.41. The number of ether oxygens (including phenoxy) is 2. The summed E-state index contributed by atoms with van der Waals surface area (Å²) in [6.07, 6.45) is 2.37. The molecule has 3 nitrogen and oxygen atoms in total. The minimum absolute atomic E-state index is 0.0469. The van der Waals surface area contributed by atoms with Crippen molar-refractivity contribution < 1.29 is 9.47 Å². The highest BCUT2D eigenvalue weighted by Gasteiger charge is 2.30. The lowest BCUT2D eigenvalue weighted by atomic mass is 9.90. The van der Waals surface area contributed by atoms with Gasteiger partial charge in [-0.05, 0) is 49.6 Å². The SMILES string of the molecule is COc1cc(C2(C)CCCN2)ccc1OCc1ccccc1. The summed E-state index contributed by atoms with van der Waals surface area (Å²) in [5.74, 6) is 1.58. The minimum atomic E-state index is 0.0469. The molecule has 1 aliphatic rings. The smallest absolute Gasteiger partial charge is 0.161 e. The summed E-state index contributed by atoms with van der Waals surface area (Å²) in [6.45, 7) is 3.87. The summed E-state index contributed by atoms with van der Waals surface area (Å²) in [6, 6.07) is 16.4. The van der Waals surface area contributed by atoms with E-state index >= 15 is 0 Å². The maximum absolute atomic E-state index is 5.92. The maximum Gasteiger partial charge on any atom is 0.161 e. The molecule has 2 aromatic rings. The van der Waals surface area contributed by atoms with Gasteiger partial charge in [0.25, 0.3) is 0 Å². The van der Waals surface area contributed by atoms with Gasteiger partial charge in [0.2, 0.25) is 0 Å². The average molecular weight is 297 g/mol. The third kappa shape index (κ3) is 3.09. The Morgan fingerprint density at radius 1 is 1.09 bits per heavy atom. The Morgan fingerprint density at radius 2 is 1.91 bits per heavy atom. The largest absolute Gasteiger partial charge is 0.493 e. The van der Waals surface area contributed by atoms with Crippen molar-refractivity contribution in [3.63, 3.8) is 0 Å². The lowest BCUT2D eigenvalue weighted by Gasteiger charge is -2.26. The fourth-order valence-corrected chi connectivity index (χ4v) is 3.01. The van der Waals surface area contributed by atoms with Gasteiger partial charge in [-0.1, -0.05) is 36.4 Å². The Labute approximate surface area is 132 Å². The van der Waals surface area contributed by atoms with E-state index in [0.717, 1.165) is 30.0 Å². The van der Waals surface area contributed by atoms with Crippen molar-refractivity contribution in [2.75, 3.05) is 13.7 Å². The van der Waals surface area contributed by atoms with Crippen LogP contribution in [0, 0.1) is 0 Å². The van der Waals surface area contributed by atoms with Gasteiger partial charge in [-0.3, -0.25) is 0 Å². The van der Waals surface area contributed by atoms with Crippen LogP contribution in [0.1, 0.15) is 30.9 Å². The van der Waals surface area contributed by atoms with Crippen LogP contribution in [0.15, 0.2) is 48.5 Å². The lowest BCUT2D eigenvalue weighted by molar-refractivity contribution is 0.283. The van der Waals surface area contributed by atoms with Crippen LogP contribution in [0.2, 0.25) is 0 Å². The first kappa shape index (κ1) is 14.9. The Bertz CT molecular complexity index is 619. The zero-order valence-corrected chi connectivity index (χ0v) is 13.3. The highest BCUT2D eigenvalue weighted by Crippen LogP contribution is 2.36. The van der Waals surface area contributed by atoms with E-state index < -0.39 is 0 Å². The molecule has 0 saturated carbocycles. The lowest BCUT2D eigenvalue weighted by Crippen LogP contribution is -2.33. The van der Waals surface area contributed by atoms with Crippen LogP contribution in [-0.4, -0.2) is 13.7 Å². The van der Waals surface area contributed by atoms with E-state index in [1.807, 2.05) is 24.3 Å². The zero-order chi connectivity index (χ0) is 15.4. The normalized spacial score (nSPS) is 20.8. The van der Waals surface area contributed by atoms with Crippen molar-refractivity contribution in [1.29, 1.82) is 0 Å². The van der Waals surface area contributed by atoms with Crippen molar-refractivity contribution >= 4 is 0 Å². The van der Waals surface area contributed by atoms with E-state index in [-0.39, 0.29) is 5.54 Å². The fraction of sp³-hybridized carbons (Fsp3) is 0.368. The van der Waals surface area contributed by atoms with E-state index in [9.17, 15) is 0 Å². The fourth-order valence-electron chi connectivity index (χ4n) is 3.01. The molecule has 0 bridgehead atoms.